The first-order valence-corrected chi connectivity index (χ1v) is 8.08. The van der Waals surface area contributed by atoms with Gasteiger partial charge in [0, 0.05) is 18.7 Å². The van der Waals surface area contributed by atoms with E-state index in [1.165, 1.54) is 0 Å². The summed E-state index contributed by atoms with van der Waals surface area (Å²) in [6.07, 6.45) is 1.75. The Kier molecular flexibility index (Phi) is 3.35. The number of aromatic nitrogens is 3. The molecule has 1 unspecified atom stereocenters. The van der Waals surface area contributed by atoms with Gasteiger partial charge >= 0.3 is 0 Å². The van der Waals surface area contributed by atoms with Crippen LogP contribution in [-0.4, -0.2) is 50.6 Å². The highest BCUT2D eigenvalue weighted by Gasteiger charge is 2.40. The molecule has 0 spiro atoms. The molecule has 1 amide bonds. The fraction of sp³-hybridized carbons (Fsp3) is 0.471. The Labute approximate surface area is 139 Å². The second kappa shape index (κ2) is 5.31. The van der Waals surface area contributed by atoms with E-state index in [9.17, 15) is 9.90 Å². The highest BCUT2D eigenvalue weighted by molar-refractivity contribution is 5.86. The molecule has 1 saturated heterocycles. The molecule has 7 heteroatoms. The van der Waals surface area contributed by atoms with Crippen molar-refractivity contribution in [1.82, 2.24) is 19.9 Å². The Hall–Kier alpha value is -2.41. The molecule has 0 saturated carbocycles. The zero-order valence-corrected chi connectivity index (χ0v) is 13.7. The molecule has 2 aliphatic rings. The van der Waals surface area contributed by atoms with Crippen LogP contribution in [0.15, 0.2) is 30.5 Å². The summed E-state index contributed by atoms with van der Waals surface area (Å²) in [6.45, 7) is 4.97. The molecule has 1 aromatic carbocycles. The smallest absolute Gasteiger partial charge is 0.233 e. The molecule has 3 heterocycles. The second-order valence-electron chi connectivity index (χ2n) is 6.94. The lowest BCUT2D eigenvalue weighted by atomic mass is 9.97. The first-order chi connectivity index (χ1) is 11.4. The summed E-state index contributed by atoms with van der Waals surface area (Å²) < 4.78 is 7.33. The van der Waals surface area contributed by atoms with Crippen molar-refractivity contribution in [2.24, 2.45) is 0 Å². The predicted octanol–water partition coefficient (Wildman–Crippen LogP) is 1.06. The normalized spacial score (nSPS) is 20.5. The summed E-state index contributed by atoms with van der Waals surface area (Å²) in [7, 11) is 0. The largest absolute Gasteiger partial charge is 0.492 e. The lowest BCUT2D eigenvalue weighted by Crippen LogP contribution is -2.52. The van der Waals surface area contributed by atoms with Gasteiger partial charge in [0.15, 0.2) is 0 Å². The summed E-state index contributed by atoms with van der Waals surface area (Å²) in [5.41, 5.74) is 0.490. The molecular formula is C17H20N4O3. The van der Waals surface area contributed by atoms with E-state index in [4.69, 9.17) is 4.74 Å². The summed E-state index contributed by atoms with van der Waals surface area (Å²) in [5.74, 6) is 0.683. The Bertz CT molecular complexity index is 774. The Morgan fingerprint density at radius 3 is 2.79 bits per heavy atom. The van der Waals surface area contributed by atoms with Gasteiger partial charge in [-0.2, -0.15) is 0 Å². The number of carbonyl (C=O) groups excluding carboxylic acids is 1. The number of rotatable bonds is 3. The average Bonchev–Trinajstić information content (AvgIpc) is 3.11. The maximum absolute atomic E-state index is 12.7. The number of hydrogen-bond donors (Lipinski definition) is 1. The topological polar surface area (TPSA) is 80.5 Å². The van der Waals surface area contributed by atoms with Crippen LogP contribution in [-0.2, 0) is 10.4 Å². The van der Waals surface area contributed by atoms with Crippen LogP contribution >= 0.6 is 0 Å². The number of amides is 1. The standard InChI is InChI=1S/C17H20N4O3/c1-17(2,23)15-9-21(19-18-15)11-7-20(8-11)16(22)13-10-24-14-6-4-3-5-12(13)14/h3-6,9,11,13,23H,7-8,10H2,1-2H3. The van der Waals surface area contributed by atoms with Crippen LogP contribution in [0.5, 0.6) is 5.75 Å². The second-order valence-corrected chi connectivity index (χ2v) is 6.94. The van der Waals surface area contributed by atoms with Gasteiger partial charge < -0.3 is 14.7 Å². The predicted molar refractivity (Wildman–Crippen MR) is 85.6 cm³/mol. The minimum Gasteiger partial charge on any atom is -0.492 e. The monoisotopic (exact) mass is 328 g/mol. The maximum Gasteiger partial charge on any atom is 0.233 e. The van der Waals surface area contributed by atoms with Gasteiger partial charge in [-0.25, -0.2) is 4.68 Å². The number of para-hydroxylation sites is 1. The summed E-state index contributed by atoms with van der Waals surface area (Å²) >= 11 is 0. The summed E-state index contributed by atoms with van der Waals surface area (Å²) in [5, 5.41) is 18.0. The van der Waals surface area contributed by atoms with Gasteiger partial charge in [0.05, 0.1) is 12.2 Å². The van der Waals surface area contributed by atoms with E-state index < -0.39 is 5.60 Å². The minimum atomic E-state index is -1.01. The van der Waals surface area contributed by atoms with Crippen LogP contribution in [0.25, 0.3) is 0 Å². The number of hydrogen-bond acceptors (Lipinski definition) is 5. The average molecular weight is 328 g/mol. The van der Waals surface area contributed by atoms with Gasteiger partial charge in [-0.1, -0.05) is 23.4 Å². The van der Waals surface area contributed by atoms with E-state index in [1.807, 2.05) is 29.2 Å². The van der Waals surface area contributed by atoms with Crippen LogP contribution in [0.3, 0.4) is 0 Å². The van der Waals surface area contributed by atoms with Crippen molar-refractivity contribution in [3.05, 3.63) is 41.7 Å². The van der Waals surface area contributed by atoms with Crippen molar-refractivity contribution < 1.29 is 14.6 Å². The Balaban J connectivity index is 1.41. The molecule has 1 atom stereocenters. The van der Waals surface area contributed by atoms with Gasteiger partial charge in [0.25, 0.3) is 0 Å². The van der Waals surface area contributed by atoms with Crippen LogP contribution in [0.1, 0.15) is 37.1 Å². The molecule has 7 nitrogen and oxygen atoms in total. The number of aliphatic hydroxyl groups is 1. The fourth-order valence-corrected chi connectivity index (χ4v) is 3.13. The molecule has 0 bridgehead atoms. The maximum atomic E-state index is 12.7. The third kappa shape index (κ3) is 2.45. The van der Waals surface area contributed by atoms with Crippen molar-refractivity contribution in [2.75, 3.05) is 19.7 Å². The van der Waals surface area contributed by atoms with Crippen molar-refractivity contribution >= 4 is 5.91 Å². The van der Waals surface area contributed by atoms with Crippen LogP contribution < -0.4 is 4.74 Å². The summed E-state index contributed by atoms with van der Waals surface area (Å²) in [4.78, 5) is 14.5. The molecule has 126 valence electrons. The quantitative estimate of drug-likeness (QED) is 0.911. The van der Waals surface area contributed by atoms with Crippen molar-refractivity contribution in [3.63, 3.8) is 0 Å². The van der Waals surface area contributed by atoms with Crippen LogP contribution in [0.2, 0.25) is 0 Å². The van der Waals surface area contributed by atoms with Crippen molar-refractivity contribution in [1.29, 1.82) is 0 Å². The number of benzene rings is 1. The van der Waals surface area contributed by atoms with Gasteiger partial charge in [-0.3, -0.25) is 4.79 Å². The first kappa shape index (κ1) is 15.1. The SMILES string of the molecule is CC(C)(O)c1cn(C2CN(C(=O)C3COc4ccccc43)C2)nn1. The van der Waals surface area contributed by atoms with Gasteiger partial charge in [-0.15, -0.1) is 5.10 Å². The molecule has 0 aliphatic carbocycles. The third-order valence-corrected chi connectivity index (χ3v) is 4.68. The van der Waals surface area contributed by atoms with Gasteiger partial charge in [-0.05, 0) is 19.9 Å². The zero-order valence-electron chi connectivity index (χ0n) is 13.7. The van der Waals surface area contributed by atoms with Gasteiger partial charge in [0.1, 0.15) is 29.6 Å². The molecule has 4 rings (SSSR count). The number of carbonyl (C=O) groups is 1. The van der Waals surface area contributed by atoms with Crippen molar-refractivity contribution in [2.45, 2.75) is 31.4 Å². The van der Waals surface area contributed by atoms with E-state index in [2.05, 4.69) is 10.3 Å². The van der Waals surface area contributed by atoms with E-state index in [0.29, 0.717) is 25.4 Å². The van der Waals surface area contributed by atoms with Gasteiger partial charge in [0.2, 0.25) is 5.91 Å². The van der Waals surface area contributed by atoms with E-state index in [0.717, 1.165) is 11.3 Å². The highest BCUT2D eigenvalue weighted by Crippen LogP contribution is 2.36. The molecule has 1 fully saturated rings. The molecule has 24 heavy (non-hydrogen) atoms. The lowest BCUT2D eigenvalue weighted by molar-refractivity contribution is -0.139. The highest BCUT2D eigenvalue weighted by atomic mass is 16.5. The number of likely N-dealkylation sites (tertiary alicyclic amines) is 1. The van der Waals surface area contributed by atoms with Crippen LogP contribution in [0.4, 0.5) is 0 Å². The molecule has 1 aromatic heterocycles. The molecule has 1 N–H and O–H groups in total. The Morgan fingerprint density at radius 1 is 1.33 bits per heavy atom. The molecule has 2 aromatic rings. The summed E-state index contributed by atoms with van der Waals surface area (Å²) in [6, 6.07) is 7.80. The molecular weight excluding hydrogens is 308 g/mol. The Morgan fingerprint density at radius 2 is 2.08 bits per heavy atom. The third-order valence-electron chi connectivity index (χ3n) is 4.68. The number of ether oxygens (including phenoxy) is 1. The van der Waals surface area contributed by atoms with Crippen molar-refractivity contribution in [3.8, 4) is 5.75 Å². The zero-order chi connectivity index (χ0) is 16.9. The molecule has 0 radical (unpaired) electrons. The van der Waals surface area contributed by atoms with E-state index in [1.54, 1.807) is 24.7 Å². The lowest BCUT2D eigenvalue weighted by Gasteiger charge is -2.40. The van der Waals surface area contributed by atoms with E-state index >= 15 is 0 Å². The minimum absolute atomic E-state index is 0.0963. The number of fused-ring (bicyclic) bond motifs is 1. The van der Waals surface area contributed by atoms with E-state index in [-0.39, 0.29) is 17.9 Å². The molecule has 2 aliphatic heterocycles. The first-order valence-electron chi connectivity index (χ1n) is 8.08. The number of nitrogens with zero attached hydrogens (tertiary/aromatic N) is 4. The fourth-order valence-electron chi connectivity index (χ4n) is 3.13. The van der Waals surface area contributed by atoms with Crippen LogP contribution in [0, 0.1) is 0 Å².